The minimum Gasteiger partial charge on any atom is -0.483 e. The largest absolute Gasteiger partial charge is 0.483 e. The van der Waals surface area contributed by atoms with Crippen molar-refractivity contribution in [3.63, 3.8) is 0 Å². The molecule has 2 saturated heterocycles. The van der Waals surface area contributed by atoms with E-state index >= 15 is 0 Å². The van der Waals surface area contributed by atoms with Crippen molar-refractivity contribution in [3.8, 4) is 0 Å². The zero-order chi connectivity index (χ0) is 20.9. The molecule has 2 aliphatic heterocycles. The number of hydrogen-bond donors (Lipinski definition) is 1. The van der Waals surface area contributed by atoms with Gasteiger partial charge in [-0.25, -0.2) is 9.78 Å². The van der Waals surface area contributed by atoms with Gasteiger partial charge in [-0.2, -0.15) is 0 Å². The van der Waals surface area contributed by atoms with E-state index in [0.717, 1.165) is 0 Å². The predicted octanol–water partition coefficient (Wildman–Crippen LogP) is 0.495. The van der Waals surface area contributed by atoms with Crippen LogP contribution >= 0.6 is 0 Å². The van der Waals surface area contributed by atoms with Gasteiger partial charge in [-0.15, -0.1) is 0 Å². The van der Waals surface area contributed by atoms with Crippen LogP contribution in [0, 0.1) is 5.92 Å². The summed E-state index contributed by atoms with van der Waals surface area (Å²) in [4.78, 5) is 54.7. The first-order chi connectivity index (χ1) is 13.3. The van der Waals surface area contributed by atoms with E-state index in [1.807, 2.05) is 13.8 Å². The molecular formula is C18H27N5O5. The predicted molar refractivity (Wildman–Crippen MR) is 99.2 cm³/mol. The molecule has 3 rings (SSSR count). The van der Waals surface area contributed by atoms with Crippen LogP contribution in [0.3, 0.4) is 0 Å². The first-order valence-corrected chi connectivity index (χ1v) is 9.18. The van der Waals surface area contributed by atoms with Gasteiger partial charge in [-0.05, 0) is 18.8 Å². The molecule has 1 N–H and O–H groups in total. The highest BCUT2D eigenvalue weighted by atomic mass is 16.3. The fourth-order valence-electron chi connectivity index (χ4n) is 3.74. The molecule has 2 fully saturated rings. The number of carboxylic acid groups (broad SMARTS) is 1. The summed E-state index contributed by atoms with van der Waals surface area (Å²) in [5, 5.41) is 6.89. The summed E-state index contributed by atoms with van der Waals surface area (Å²) < 4.78 is 1.73. The molecule has 0 aliphatic carbocycles. The maximum Gasteiger partial charge on any atom is 0.327 e. The summed E-state index contributed by atoms with van der Waals surface area (Å²) in [5.74, 6) is 0.147. The molecule has 1 spiro atoms. The Kier molecular flexibility index (Phi) is 6.76. The van der Waals surface area contributed by atoms with Gasteiger partial charge in [0.1, 0.15) is 12.1 Å². The first-order valence-electron chi connectivity index (χ1n) is 9.18. The number of urea groups is 1. The highest BCUT2D eigenvalue weighted by molar-refractivity contribution is 6.06. The van der Waals surface area contributed by atoms with E-state index in [2.05, 4.69) is 4.98 Å². The quantitative estimate of drug-likeness (QED) is 0.588. The SMILES string of the molecule is CC(C)CN1C(=O)N(C)C(=O)C12CCN(C(=O)Cn1ccnc1)CC2.O=CO. The summed E-state index contributed by atoms with van der Waals surface area (Å²) in [5.41, 5.74) is -0.790. The van der Waals surface area contributed by atoms with Gasteiger partial charge < -0.3 is 19.5 Å². The lowest BCUT2D eigenvalue weighted by Gasteiger charge is -2.42. The summed E-state index contributed by atoms with van der Waals surface area (Å²) in [6.07, 6.45) is 5.99. The van der Waals surface area contributed by atoms with E-state index in [-0.39, 0.29) is 36.8 Å². The van der Waals surface area contributed by atoms with Crippen molar-refractivity contribution in [1.82, 2.24) is 24.3 Å². The Hall–Kier alpha value is -2.91. The minimum atomic E-state index is -0.790. The van der Waals surface area contributed by atoms with Crippen LogP contribution in [0.1, 0.15) is 26.7 Å². The van der Waals surface area contributed by atoms with E-state index < -0.39 is 5.54 Å². The van der Waals surface area contributed by atoms with Crippen molar-refractivity contribution in [1.29, 1.82) is 0 Å². The molecule has 154 valence electrons. The van der Waals surface area contributed by atoms with E-state index in [1.54, 1.807) is 40.1 Å². The van der Waals surface area contributed by atoms with Crippen LogP contribution in [-0.2, 0) is 20.9 Å². The van der Waals surface area contributed by atoms with Crippen molar-refractivity contribution in [3.05, 3.63) is 18.7 Å². The van der Waals surface area contributed by atoms with Crippen LogP contribution in [-0.4, -0.2) is 85.9 Å². The van der Waals surface area contributed by atoms with Gasteiger partial charge in [0.2, 0.25) is 5.91 Å². The average Bonchev–Trinajstić information content (AvgIpc) is 3.22. The van der Waals surface area contributed by atoms with E-state index in [1.165, 1.54) is 4.90 Å². The van der Waals surface area contributed by atoms with Gasteiger partial charge >= 0.3 is 6.03 Å². The topological polar surface area (TPSA) is 116 Å². The monoisotopic (exact) mass is 393 g/mol. The van der Waals surface area contributed by atoms with Crippen molar-refractivity contribution in [2.75, 3.05) is 26.7 Å². The lowest BCUT2D eigenvalue weighted by Crippen LogP contribution is -2.58. The Morgan fingerprint density at radius 2 is 1.93 bits per heavy atom. The normalized spacial score (nSPS) is 18.5. The Labute approximate surface area is 163 Å². The highest BCUT2D eigenvalue weighted by Crippen LogP contribution is 2.37. The summed E-state index contributed by atoms with van der Waals surface area (Å²) in [7, 11) is 1.54. The second kappa shape index (κ2) is 8.85. The number of hydrogen-bond acceptors (Lipinski definition) is 5. The Morgan fingerprint density at radius 1 is 1.32 bits per heavy atom. The number of amides is 4. The Balaban J connectivity index is 0.000000878. The number of imidazole rings is 1. The molecule has 3 heterocycles. The lowest BCUT2D eigenvalue weighted by molar-refractivity contribution is -0.141. The Bertz CT molecular complexity index is 710. The van der Waals surface area contributed by atoms with Crippen LogP contribution in [0.2, 0.25) is 0 Å². The van der Waals surface area contributed by atoms with Gasteiger partial charge in [0.15, 0.2) is 0 Å². The number of likely N-dealkylation sites (N-methyl/N-ethyl adjacent to an activating group) is 1. The second-order valence-electron chi connectivity index (χ2n) is 7.40. The van der Waals surface area contributed by atoms with Crippen molar-refractivity contribution in [2.45, 2.75) is 38.8 Å². The number of piperidine rings is 1. The highest BCUT2D eigenvalue weighted by Gasteiger charge is 2.57. The third kappa shape index (κ3) is 4.15. The number of carbonyl (C=O) groups excluding carboxylic acids is 3. The smallest absolute Gasteiger partial charge is 0.327 e. The van der Waals surface area contributed by atoms with Crippen LogP contribution in [0.5, 0.6) is 0 Å². The van der Waals surface area contributed by atoms with Gasteiger partial charge in [-0.1, -0.05) is 13.8 Å². The van der Waals surface area contributed by atoms with E-state index in [0.29, 0.717) is 32.5 Å². The fraction of sp³-hybridized carbons (Fsp3) is 0.611. The van der Waals surface area contributed by atoms with Crippen molar-refractivity contribution < 1.29 is 24.3 Å². The van der Waals surface area contributed by atoms with Crippen LogP contribution in [0.25, 0.3) is 0 Å². The number of rotatable bonds is 4. The summed E-state index contributed by atoms with van der Waals surface area (Å²) >= 11 is 0. The third-order valence-corrected chi connectivity index (χ3v) is 5.11. The number of nitrogens with zero attached hydrogens (tertiary/aromatic N) is 5. The van der Waals surface area contributed by atoms with E-state index in [9.17, 15) is 14.4 Å². The number of imide groups is 1. The zero-order valence-corrected chi connectivity index (χ0v) is 16.4. The minimum absolute atomic E-state index is 0.00777. The van der Waals surface area contributed by atoms with Crippen LogP contribution in [0.15, 0.2) is 18.7 Å². The molecule has 0 unspecified atom stereocenters. The molecule has 4 amide bonds. The molecule has 10 heteroatoms. The molecule has 2 aliphatic rings. The van der Waals surface area contributed by atoms with Crippen molar-refractivity contribution >= 4 is 24.3 Å². The first kappa shape index (κ1) is 21.4. The lowest BCUT2D eigenvalue weighted by atomic mass is 9.85. The molecule has 0 atom stereocenters. The maximum absolute atomic E-state index is 12.8. The molecule has 10 nitrogen and oxygen atoms in total. The third-order valence-electron chi connectivity index (χ3n) is 5.11. The van der Waals surface area contributed by atoms with E-state index in [4.69, 9.17) is 9.90 Å². The molecule has 0 saturated carbocycles. The van der Waals surface area contributed by atoms with Crippen LogP contribution in [0.4, 0.5) is 4.79 Å². The number of aromatic nitrogens is 2. The summed E-state index contributed by atoms with van der Waals surface area (Å²) in [6, 6.07) is -0.225. The molecular weight excluding hydrogens is 366 g/mol. The van der Waals surface area contributed by atoms with Gasteiger partial charge in [0, 0.05) is 39.1 Å². The van der Waals surface area contributed by atoms with Gasteiger partial charge in [-0.3, -0.25) is 19.3 Å². The van der Waals surface area contributed by atoms with Crippen LogP contribution < -0.4 is 0 Å². The maximum atomic E-state index is 12.8. The van der Waals surface area contributed by atoms with Gasteiger partial charge in [0.05, 0.1) is 6.33 Å². The molecule has 28 heavy (non-hydrogen) atoms. The van der Waals surface area contributed by atoms with Gasteiger partial charge in [0.25, 0.3) is 12.4 Å². The number of carbonyl (C=O) groups is 4. The second-order valence-corrected chi connectivity index (χ2v) is 7.40. The number of likely N-dealkylation sites (tertiary alicyclic amines) is 1. The molecule has 1 aromatic heterocycles. The standard InChI is InChI=1S/C17H25N5O3.CH2O2/c1-13(2)10-22-16(25)19(3)15(24)17(22)4-7-21(8-5-17)14(23)11-20-9-6-18-12-20;2-1-3/h6,9,12-13H,4-5,7-8,10-11H2,1-3H3;1H,(H,2,3). The zero-order valence-electron chi connectivity index (χ0n) is 16.4. The average molecular weight is 393 g/mol. The molecule has 0 aromatic carbocycles. The van der Waals surface area contributed by atoms with Crippen molar-refractivity contribution in [2.24, 2.45) is 5.92 Å². The molecule has 1 aromatic rings. The summed E-state index contributed by atoms with van der Waals surface area (Å²) in [6.45, 7) is 5.58. The Morgan fingerprint density at radius 3 is 2.43 bits per heavy atom. The molecule has 0 bridgehead atoms. The molecule has 0 radical (unpaired) electrons. The fourth-order valence-corrected chi connectivity index (χ4v) is 3.74.